The lowest BCUT2D eigenvalue weighted by atomic mass is 10.3. The maximum Gasteiger partial charge on any atom is 0.307 e. The van der Waals surface area contributed by atoms with Crippen LogP contribution < -0.4 is 5.32 Å². The Bertz CT molecular complexity index is 444. The van der Waals surface area contributed by atoms with Gasteiger partial charge in [-0.3, -0.25) is 9.59 Å². The minimum Gasteiger partial charge on any atom is -0.481 e. The molecule has 0 radical (unpaired) electrons. The lowest BCUT2D eigenvalue weighted by Gasteiger charge is -2.00. The molecule has 0 unspecified atom stereocenters. The number of carbonyl (C=O) groups is 2. The van der Waals surface area contributed by atoms with Crippen LogP contribution in [0.1, 0.15) is 23.2 Å². The first-order valence-corrected chi connectivity index (χ1v) is 6.37. The summed E-state index contributed by atoms with van der Waals surface area (Å²) in [6.07, 6.45) is 3.21. The second kappa shape index (κ2) is 4.83. The molecule has 2 atom stereocenters. The van der Waals surface area contributed by atoms with E-state index in [2.05, 4.69) is 17.2 Å². The van der Waals surface area contributed by atoms with Gasteiger partial charge in [0.15, 0.2) is 0 Å². The number of aliphatic carboxylic acids is 1. The van der Waals surface area contributed by atoms with Crippen LogP contribution >= 0.6 is 11.3 Å². The summed E-state index contributed by atoms with van der Waals surface area (Å²) in [6, 6.07) is 0. The monoisotopic (exact) mass is 254 g/mol. The van der Waals surface area contributed by atoms with Crippen LogP contribution in [0.4, 0.5) is 0 Å². The fourth-order valence-electron chi connectivity index (χ4n) is 1.64. The van der Waals surface area contributed by atoms with Crippen molar-refractivity contribution >= 4 is 23.2 Å². The molecule has 6 heteroatoms. The number of thiazole rings is 1. The Hall–Kier alpha value is -1.43. The number of carboxylic acid groups (broad SMARTS) is 1. The second-order valence-corrected chi connectivity index (χ2v) is 5.28. The molecule has 1 saturated carbocycles. The normalized spacial score (nSPS) is 22.2. The van der Waals surface area contributed by atoms with Crippen LogP contribution in [-0.4, -0.2) is 22.0 Å². The Morgan fingerprint density at radius 1 is 1.59 bits per heavy atom. The predicted octanol–water partition coefficient (Wildman–Crippen LogP) is 1.04. The molecule has 2 N–H and O–H groups in total. The molecule has 1 aromatic rings. The summed E-state index contributed by atoms with van der Waals surface area (Å²) in [6.45, 7) is 2.45. The third-order valence-electron chi connectivity index (χ3n) is 2.81. The van der Waals surface area contributed by atoms with Crippen LogP contribution in [0.15, 0.2) is 6.20 Å². The number of rotatable bonds is 5. The van der Waals surface area contributed by atoms with Crippen molar-refractivity contribution in [2.45, 2.75) is 26.3 Å². The first kappa shape index (κ1) is 12.0. The summed E-state index contributed by atoms with van der Waals surface area (Å²) in [5, 5.41) is 12.3. The molecule has 92 valence electrons. The zero-order valence-electron chi connectivity index (χ0n) is 9.47. The molecule has 0 aliphatic heterocycles. The largest absolute Gasteiger partial charge is 0.481 e. The van der Waals surface area contributed by atoms with Crippen LogP contribution in [-0.2, 0) is 22.6 Å². The second-order valence-electron chi connectivity index (χ2n) is 4.08. The third kappa shape index (κ3) is 2.82. The molecule has 1 aliphatic carbocycles. The van der Waals surface area contributed by atoms with Crippen LogP contribution in [0.3, 0.4) is 0 Å². The summed E-state index contributed by atoms with van der Waals surface area (Å²) in [5.41, 5.74) is 0. The minimum absolute atomic E-state index is 0.175. The summed E-state index contributed by atoms with van der Waals surface area (Å²) < 4.78 is 0. The molecule has 2 rings (SSSR count). The first-order chi connectivity index (χ1) is 8.11. The smallest absolute Gasteiger partial charge is 0.307 e. The van der Waals surface area contributed by atoms with Gasteiger partial charge in [0.25, 0.3) is 0 Å². The van der Waals surface area contributed by atoms with Gasteiger partial charge in [0.1, 0.15) is 5.01 Å². The van der Waals surface area contributed by atoms with Crippen LogP contribution in [0.2, 0.25) is 0 Å². The minimum atomic E-state index is -0.882. The molecular formula is C11H14N2O3S. The van der Waals surface area contributed by atoms with Gasteiger partial charge in [-0.25, -0.2) is 4.98 Å². The topological polar surface area (TPSA) is 79.3 Å². The molecule has 1 aliphatic rings. The first-order valence-electron chi connectivity index (χ1n) is 5.56. The average molecular weight is 254 g/mol. The third-order valence-corrected chi connectivity index (χ3v) is 3.95. The number of nitrogens with zero attached hydrogens (tertiary/aromatic N) is 1. The number of hydrogen-bond donors (Lipinski definition) is 2. The summed E-state index contributed by atoms with van der Waals surface area (Å²) in [4.78, 5) is 27.5. The summed E-state index contributed by atoms with van der Waals surface area (Å²) >= 11 is 1.57. The van der Waals surface area contributed by atoms with Crippen LogP contribution in [0.5, 0.6) is 0 Å². The van der Waals surface area contributed by atoms with Gasteiger partial charge >= 0.3 is 5.97 Å². The van der Waals surface area contributed by atoms with Gasteiger partial charge in [0.05, 0.1) is 18.4 Å². The molecule has 0 bridgehead atoms. The van der Waals surface area contributed by atoms with Crippen molar-refractivity contribution < 1.29 is 14.7 Å². The number of amides is 1. The molecule has 17 heavy (non-hydrogen) atoms. The number of aromatic nitrogens is 1. The Balaban J connectivity index is 1.79. The van der Waals surface area contributed by atoms with E-state index in [1.807, 2.05) is 6.20 Å². The molecule has 0 saturated heterocycles. The molecular weight excluding hydrogens is 240 g/mol. The van der Waals surface area contributed by atoms with E-state index in [-0.39, 0.29) is 11.8 Å². The predicted molar refractivity (Wildman–Crippen MR) is 62.6 cm³/mol. The fraction of sp³-hybridized carbons (Fsp3) is 0.545. The molecule has 0 aromatic carbocycles. The van der Waals surface area contributed by atoms with E-state index in [1.165, 1.54) is 4.88 Å². The van der Waals surface area contributed by atoms with Crippen molar-refractivity contribution in [3.63, 3.8) is 0 Å². The van der Waals surface area contributed by atoms with Crippen LogP contribution in [0, 0.1) is 11.8 Å². The Morgan fingerprint density at radius 2 is 2.35 bits per heavy atom. The molecule has 1 aromatic heterocycles. The van der Waals surface area contributed by atoms with Crippen molar-refractivity contribution in [1.29, 1.82) is 0 Å². The number of carbonyl (C=O) groups excluding carboxylic acids is 1. The fourth-order valence-corrected chi connectivity index (χ4v) is 2.45. The highest BCUT2D eigenvalue weighted by molar-refractivity contribution is 7.11. The van der Waals surface area contributed by atoms with Gasteiger partial charge in [-0.2, -0.15) is 0 Å². The number of aryl methyl sites for hydroxylation is 1. The quantitative estimate of drug-likeness (QED) is 0.823. The lowest BCUT2D eigenvalue weighted by molar-refractivity contribution is -0.140. The van der Waals surface area contributed by atoms with Gasteiger partial charge in [-0.1, -0.05) is 6.92 Å². The number of nitrogens with one attached hydrogen (secondary N) is 1. The molecule has 1 fully saturated rings. The maximum absolute atomic E-state index is 11.6. The average Bonchev–Trinajstić information content (AvgIpc) is 2.99. The number of carboxylic acids is 1. The SMILES string of the molecule is CCc1cnc(CNC(=O)[C@@H]2C[C@@H]2C(=O)O)s1. The highest BCUT2D eigenvalue weighted by Gasteiger charge is 2.48. The van der Waals surface area contributed by atoms with Gasteiger partial charge in [0, 0.05) is 11.1 Å². The van der Waals surface area contributed by atoms with E-state index in [4.69, 9.17) is 5.11 Å². The van der Waals surface area contributed by atoms with E-state index in [0.29, 0.717) is 13.0 Å². The standard InChI is InChI=1S/C11H14N2O3S/c1-2-6-4-12-9(17-6)5-13-10(14)7-3-8(7)11(15)16/h4,7-8H,2-3,5H2,1H3,(H,13,14)(H,15,16)/t7-,8+/m1/s1. The molecule has 1 heterocycles. The maximum atomic E-state index is 11.6. The van der Waals surface area contributed by atoms with Gasteiger partial charge in [-0.05, 0) is 12.8 Å². The van der Waals surface area contributed by atoms with Crippen molar-refractivity contribution in [1.82, 2.24) is 10.3 Å². The van der Waals surface area contributed by atoms with E-state index < -0.39 is 11.9 Å². The van der Waals surface area contributed by atoms with E-state index in [1.54, 1.807) is 11.3 Å². The zero-order chi connectivity index (χ0) is 12.4. The highest BCUT2D eigenvalue weighted by atomic mass is 32.1. The molecule has 1 amide bonds. The Morgan fingerprint density at radius 3 is 2.88 bits per heavy atom. The highest BCUT2D eigenvalue weighted by Crippen LogP contribution is 2.38. The Kier molecular flexibility index (Phi) is 3.42. The summed E-state index contributed by atoms with van der Waals surface area (Å²) in [5.74, 6) is -1.89. The van der Waals surface area contributed by atoms with Gasteiger partial charge in [-0.15, -0.1) is 11.3 Å². The number of hydrogen-bond acceptors (Lipinski definition) is 4. The van der Waals surface area contributed by atoms with Crippen molar-refractivity contribution in [3.8, 4) is 0 Å². The van der Waals surface area contributed by atoms with E-state index >= 15 is 0 Å². The van der Waals surface area contributed by atoms with Crippen molar-refractivity contribution in [2.24, 2.45) is 11.8 Å². The van der Waals surface area contributed by atoms with Crippen LogP contribution in [0.25, 0.3) is 0 Å². The van der Waals surface area contributed by atoms with E-state index in [9.17, 15) is 9.59 Å². The van der Waals surface area contributed by atoms with Crippen molar-refractivity contribution in [2.75, 3.05) is 0 Å². The van der Waals surface area contributed by atoms with Crippen molar-refractivity contribution in [3.05, 3.63) is 16.1 Å². The van der Waals surface area contributed by atoms with Gasteiger partial charge in [0.2, 0.25) is 5.91 Å². The van der Waals surface area contributed by atoms with Gasteiger partial charge < -0.3 is 10.4 Å². The zero-order valence-corrected chi connectivity index (χ0v) is 10.3. The molecule has 0 spiro atoms. The summed E-state index contributed by atoms with van der Waals surface area (Å²) in [7, 11) is 0. The molecule has 5 nitrogen and oxygen atoms in total. The van der Waals surface area contributed by atoms with E-state index in [0.717, 1.165) is 11.4 Å². The Labute approximate surface area is 103 Å². The lowest BCUT2D eigenvalue weighted by Crippen LogP contribution is -2.25.